The molecule has 2 aromatic carbocycles. The zero-order chi connectivity index (χ0) is 18.6. The number of carbonyl (C=O) groups is 1. The largest absolute Gasteiger partial charge is 0.323 e. The molecular formula is C19H17N7O. The first-order chi connectivity index (χ1) is 13.2. The first-order valence-corrected chi connectivity index (χ1v) is 8.42. The van der Waals surface area contributed by atoms with Crippen molar-refractivity contribution in [3.63, 3.8) is 0 Å². The fourth-order valence-corrected chi connectivity index (χ4v) is 2.81. The van der Waals surface area contributed by atoms with Gasteiger partial charge in [-0.2, -0.15) is 10.3 Å². The summed E-state index contributed by atoms with van der Waals surface area (Å²) in [5.74, 6) is 0.427. The summed E-state index contributed by atoms with van der Waals surface area (Å²) in [7, 11) is 0. The summed E-state index contributed by atoms with van der Waals surface area (Å²) in [6.07, 6.45) is 3.71. The van der Waals surface area contributed by atoms with Gasteiger partial charge in [0.2, 0.25) is 11.7 Å². The van der Waals surface area contributed by atoms with Crippen molar-refractivity contribution in [2.75, 3.05) is 5.32 Å². The van der Waals surface area contributed by atoms with Crippen molar-refractivity contribution in [1.29, 1.82) is 0 Å². The number of aromatic nitrogens is 6. The van der Waals surface area contributed by atoms with E-state index < -0.39 is 0 Å². The van der Waals surface area contributed by atoms with Crippen LogP contribution in [0.25, 0.3) is 17.1 Å². The van der Waals surface area contributed by atoms with Crippen molar-refractivity contribution in [3.8, 4) is 17.1 Å². The number of hydrogen-bond donors (Lipinski definition) is 2. The second kappa shape index (κ2) is 7.20. The summed E-state index contributed by atoms with van der Waals surface area (Å²) in [4.78, 5) is 12.3. The highest BCUT2D eigenvalue weighted by atomic mass is 16.1. The summed E-state index contributed by atoms with van der Waals surface area (Å²) < 4.78 is 1.69. The maximum Gasteiger partial charge on any atom is 0.228 e. The van der Waals surface area contributed by atoms with E-state index >= 15 is 0 Å². The Balaban J connectivity index is 1.47. The molecule has 0 aliphatic heterocycles. The van der Waals surface area contributed by atoms with E-state index in [-0.39, 0.29) is 5.91 Å². The lowest BCUT2D eigenvalue weighted by molar-refractivity contribution is -0.115. The Hall–Kier alpha value is -3.81. The lowest BCUT2D eigenvalue weighted by Crippen LogP contribution is -2.14. The third kappa shape index (κ3) is 3.90. The van der Waals surface area contributed by atoms with Crippen molar-refractivity contribution in [2.45, 2.75) is 13.3 Å². The van der Waals surface area contributed by atoms with E-state index in [1.807, 2.05) is 55.5 Å². The summed E-state index contributed by atoms with van der Waals surface area (Å²) in [5, 5.41) is 21.2. The third-order valence-electron chi connectivity index (χ3n) is 4.03. The molecule has 0 unspecified atom stereocenters. The van der Waals surface area contributed by atoms with Gasteiger partial charge in [-0.25, -0.2) is 4.68 Å². The fraction of sp³-hybridized carbons (Fsp3) is 0.105. The number of aryl methyl sites for hydroxylation is 1. The van der Waals surface area contributed by atoms with Crippen molar-refractivity contribution in [1.82, 2.24) is 30.4 Å². The molecule has 2 heterocycles. The van der Waals surface area contributed by atoms with Gasteiger partial charge in [0, 0.05) is 5.56 Å². The fourth-order valence-electron chi connectivity index (χ4n) is 2.81. The van der Waals surface area contributed by atoms with Crippen LogP contribution in [0.15, 0.2) is 60.9 Å². The third-order valence-corrected chi connectivity index (χ3v) is 4.03. The van der Waals surface area contributed by atoms with Gasteiger partial charge < -0.3 is 5.32 Å². The highest BCUT2D eigenvalue weighted by Gasteiger charge is 2.09. The number of H-pyrrole nitrogens is 1. The SMILES string of the molecule is Cc1cccc(CC(=O)Nc2cnn(-c3cccc(-c4nn[nH]n4)c3)c2)c1. The minimum Gasteiger partial charge on any atom is -0.323 e. The molecule has 2 N–H and O–H groups in total. The average molecular weight is 359 g/mol. The van der Waals surface area contributed by atoms with Gasteiger partial charge in [-0.3, -0.25) is 4.79 Å². The van der Waals surface area contributed by atoms with E-state index in [0.717, 1.165) is 22.4 Å². The van der Waals surface area contributed by atoms with Crippen LogP contribution in [0.5, 0.6) is 0 Å². The summed E-state index contributed by atoms with van der Waals surface area (Å²) in [5.41, 5.74) is 4.40. The van der Waals surface area contributed by atoms with Crippen LogP contribution in [0, 0.1) is 6.92 Å². The van der Waals surface area contributed by atoms with Crippen molar-refractivity contribution in [3.05, 3.63) is 72.1 Å². The smallest absolute Gasteiger partial charge is 0.228 e. The first-order valence-electron chi connectivity index (χ1n) is 8.42. The van der Waals surface area contributed by atoms with Crippen molar-refractivity contribution < 1.29 is 4.79 Å². The van der Waals surface area contributed by atoms with Crippen molar-refractivity contribution in [2.24, 2.45) is 0 Å². The Bertz CT molecular complexity index is 1070. The molecule has 2 aromatic heterocycles. The van der Waals surface area contributed by atoms with Gasteiger partial charge in [-0.15, -0.1) is 10.2 Å². The Morgan fingerprint density at radius 3 is 2.89 bits per heavy atom. The second-order valence-electron chi connectivity index (χ2n) is 6.17. The quantitative estimate of drug-likeness (QED) is 0.570. The molecule has 0 saturated carbocycles. The zero-order valence-electron chi connectivity index (χ0n) is 14.6. The van der Waals surface area contributed by atoms with Crippen molar-refractivity contribution >= 4 is 11.6 Å². The van der Waals surface area contributed by atoms with Crippen LogP contribution in [0.4, 0.5) is 5.69 Å². The molecule has 0 aliphatic rings. The molecule has 134 valence electrons. The van der Waals surface area contributed by atoms with E-state index in [1.54, 1.807) is 17.1 Å². The predicted molar refractivity (Wildman–Crippen MR) is 100 cm³/mol. The summed E-state index contributed by atoms with van der Waals surface area (Å²) >= 11 is 0. The van der Waals surface area contributed by atoms with Gasteiger partial charge in [0.15, 0.2) is 0 Å². The van der Waals surface area contributed by atoms with Gasteiger partial charge in [0.05, 0.1) is 30.2 Å². The van der Waals surface area contributed by atoms with Crippen LogP contribution in [0.1, 0.15) is 11.1 Å². The molecule has 4 rings (SSSR count). The van der Waals surface area contributed by atoms with Crippen LogP contribution in [-0.2, 0) is 11.2 Å². The van der Waals surface area contributed by atoms with Crippen LogP contribution in [0.2, 0.25) is 0 Å². The standard InChI is InChI=1S/C19H17N7O/c1-13-4-2-5-14(8-13)9-18(27)21-16-11-20-26(12-16)17-7-3-6-15(10-17)19-22-24-25-23-19/h2-8,10-12H,9H2,1H3,(H,21,27)(H,22,23,24,25). The van der Waals surface area contributed by atoms with Crippen LogP contribution in [-0.4, -0.2) is 36.3 Å². The molecule has 0 fully saturated rings. The maximum atomic E-state index is 12.3. The Morgan fingerprint density at radius 1 is 1.19 bits per heavy atom. The number of anilines is 1. The Labute approximate surface area is 155 Å². The molecule has 0 aliphatic carbocycles. The molecule has 8 heteroatoms. The Morgan fingerprint density at radius 2 is 2.07 bits per heavy atom. The van der Waals surface area contributed by atoms with Crippen LogP contribution in [0.3, 0.4) is 0 Å². The summed E-state index contributed by atoms with van der Waals surface area (Å²) in [6.45, 7) is 2.01. The minimum absolute atomic E-state index is 0.0827. The normalized spacial score (nSPS) is 10.7. The number of tetrazole rings is 1. The van der Waals surface area contributed by atoms with Gasteiger partial charge in [-0.05, 0) is 29.8 Å². The average Bonchev–Trinajstić information content (AvgIpc) is 3.34. The summed E-state index contributed by atoms with van der Waals surface area (Å²) in [6, 6.07) is 15.5. The van der Waals surface area contributed by atoms with Gasteiger partial charge in [-0.1, -0.05) is 42.0 Å². The number of rotatable bonds is 5. The Kier molecular flexibility index (Phi) is 4.44. The molecular weight excluding hydrogens is 342 g/mol. The highest BCUT2D eigenvalue weighted by molar-refractivity contribution is 5.92. The number of amides is 1. The highest BCUT2D eigenvalue weighted by Crippen LogP contribution is 2.19. The first kappa shape index (κ1) is 16.6. The number of nitrogens with one attached hydrogen (secondary N) is 2. The van der Waals surface area contributed by atoms with Gasteiger partial charge in [0.1, 0.15) is 0 Å². The molecule has 1 amide bonds. The second-order valence-corrected chi connectivity index (χ2v) is 6.17. The predicted octanol–water partition coefficient (Wildman–Crippen LogP) is 2.54. The number of carbonyl (C=O) groups excluding carboxylic acids is 1. The molecule has 8 nitrogen and oxygen atoms in total. The number of benzene rings is 2. The van der Waals surface area contributed by atoms with E-state index in [9.17, 15) is 4.79 Å². The van der Waals surface area contributed by atoms with E-state index in [2.05, 4.69) is 31.0 Å². The lowest BCUT2D eigenvalue weighted by atomic mass is 10.1. The van der Waals surface area contributed by atoms with Gasteiger partial charge >= 0.3 is 0 Å². The molecule has 0 saturated heterocycles. The number of aromatic amines is 1. The topological polar surface area (TPSA) is 101 Å². The minimum atomic E-state index is -0.0827. The number of nitrogens with zero attached hydrogens (tertiary/aromatic N) is 5. The monoisotopic (exact) mass is 359 g/mol. The van der Waals surface area contributed by atoms with E-state index in [4.69, 9.17) is 0 Å². The van der Waals surface area contributed by atoms with E-state index in [0.29, 0.717) is 17.9 Å². The molecule has 4 aromatic rings. The molecule has 0 bridgehead atoms. The van der Waals surface area contributed by atoms with Gasteiger partial charge in [0.25, 0.3) is 0 Å². The van der Waals surface area contributed by atoms with Crippen LogP contribution < -0.4 is 5.32 Å². The zero-order valence-corrected chi connectivity index (χ0v) is 14.6. The molecule has 0 atom stereocenters. The molecule has 0 radical (unpaired) electrons. The molecule has 27 heavy (non-hydrogen) atoms. The molecule has 0 spiro atoms. The number of hydrogen-bond acceptors (Lipinski definition) is 5. The lowest BCUT2D eigenvalue weighted by Gasteiger charge is -2.04. The van der Waals surface area contributed by atoms with Crippen LogP contribution >= 0.6 is 0 Å². The van der Waals surface area contributed by atoms with E-state index in [1.165, 1.54) is 0 Å². The maximum absolute atomic E-state index is 12.3.